The fourth-order valence-corrected chi connectivity index (χ4v) is 3.27. The van der Waals surface area contributed by atoms with E-state index in [2.05, 4.69) is 12.2 Å². The van der Waals surface area contributed by atoms with Crippen molar-refractivity contribution < 1.29 is 9.53 Å². The highest BCUT2D eigenvalue weighted by Gasteiger charge is 2.57. The maximum atomic E-state index is 12.3. The van der Waals surface area contributed by atoms with Crippen molar-refractivity contribution in [1.82, 2.24) is 5.32 Å². The number of nitrogens with one attached hydrogen (secondary N) is 1. The Bertz CT molecular complexity index is 329. The summed E-state index contributed by atoms with van der Waals surface area (Å²) in [6.45, 7) is 5.16. The van der Waals surface area contributed by atoms with Crippen LogP contribution in [-0.2, 0) is 9.53 Å². The zero-order valence-electron chi connectivity index (χ0n) is 10.4. The molecule has 2 aliphatic rings. The topological polar surface area (TPSA) is 38.3 Å². The Morgan fingerprint density at radius 3 is 2.62 bits per heavy atom. The average Bonchev–Trinajstić information content (AvgIpc) is 2.81. The molecule has 0 spiro atoms. The number of rotatable bonds is 4. The average molecular weight is 223 g/mol. The fraction of sp³-hybridized carbons (Fsp3) is 0.769. The standard InChI is InChI=1S/C13H21NO2/c1-4-9-10(5-2)13(16-3,12(9)15)11-7-6-8-14-11/h11,14H,4-8H2,1-3H3. The predicted molar refractivity (Wildman–Crippen MR) is 63.4 cm³/mol. The number of ketones is 1. The van der Waals surface area contributed by atoms with Gasteiger partial charge in [-0.1, -0.05) is 13.8 Å². The summed E-state index contributed by atoms with van der Waals surface area (Å²) in [5.41, 5.74) is 1.59. The first-order valence-electron chi connectivity index (χ1n) is 6.28. The van der Waals surface area contributed by atoms with Gasteiger partial charge in [0.15, 0.2) is 11.4 Å². The number of methoxy groups -OCH3 is 1. The van der Waals surface area contributed by atoms with Crippen molar-refractivity contribution in [2.45, 2.75) is 51.2 Å². The highest BCUT2D eigenvalue weighted by Crippen LogP contribution is 2.45. The smallest absolute Gasteiger partial charge is 0.196 e. The molecule has 3 heteroatoms. The van der Waals surface area contributed by atoms with E-state index in [1.807, 2.05) is 6.92 Å². The molecule has 2 unspecified atom stereocenters. The van der Waals surface area contributed by atoms with E-state index in [9.17, 15) is 4.79 Å². The van der Waals surface area contributed by atoms with Crippen LogP contribution in [-0.4, -0.2) is 31.1 Å². The Morgan fingerprint density at radius 1 is 1.44 bits per heavy atom. The van der Waals surface area contributed by atoms with Crippen molar-refractivity contribution in [3.05, 3.63) is 11.1 Å². The molecule has 2 rings (SSSR count). The lowest BCUT2D eigenvalue weighted by molar-refractivity contribution is -0.141. The van der Waals surface area contributed by atoms with Crippen LogP contribution in [0.25, 0.3) is 0 Å². The third-order valence-electron chi connectivity index (χ3n) is 4.00. The minimum absolute atomic E-state index is 0.190. The van der Waals surface area contributed by atoms with Gasteiger partial charge in [0.2, 0.25) is 0 Å². The van der Waals surface area contributed by atoms with Gasteiger partial charge in [0.25, 0.3) is 0 Å². The van der Waals surface area contributed by atoms with E-state index in [1.54, 1.807) is 7.11 Å². The summed E-state index contributed by atoms with van der Waals surface area (Å²) in [4.78, 5) is 12.3. The fourth-order valence-electron chi connectivity index (χ4n) is 3.27. The maximum absolute atomic E-state index is 12.3. The lowest BCUT2D eigenvalue weighted by atomic mass is 9.65. The lowest BCUT2D eigenvalue weighted by Gasteiger charge is -2.46. The van der Waals surface area contributed by atoms with Crippen molar-refractivity contribution in [2.75, 3.05) is 13.7 Å². The van der Waals surface area contributed by atoms with E-state index in [-0.39, 0.29) is 11.8 Å². The van der Waals surface area contributed by atoms with E-state index in [1.165, 1.54) is 5.57 Å². The molecule has 2 atom stereocenters. The zero-order chi connectivity index (χ0) is 11.8. The summed E-state index contributed by atoms with van der Waals surface area (Å²) in [6.07, 6.45) is 3.93. The minimum Gasteiger partial charge on any atom is -0.364 e. The van der Waals surface area contributed by atoms with Gasteiger partial charge in [-0.25, -0.2) is 0 Å². The first-order valence-corrected chi connectivity index (χ1v) is 6.28. The molecule has 3 nitrogen and oxygen atoms in total. The van der Waals surface area contributed by atoms with E-state index in [0.29, 0.717) is 0 Å². The molecule has 0 aromatic carbocycles. The number of ether oxygens (including phenoxy) is 1. The van der Waals surface area contributed by atoms with E-state index < -0.39 is 5.60 Å². The number of hydrogen-bond donors (Lipinski definition) is 1. The van der Waals surface area contributed by atoms with E-state index in [0.717, 1.165) is 37.8 Å². The Hall–Kier alpha value is -0.670. The van der Waals surface area contributed by atoms with Gasteiger partial charge in [0.1, 0.15) is 0 Å². The number of Topliss-reactive ketones (excluding diaryl/α,β-unsaturated/α-hetero) is 1. The van der Waals surface area contributed by atoms with Crippen LogP contribution >= 0.6 is 0 Å². The molecule has 0 radical (unpaired) electrons. The van der Waals surface area contributed by atoms with Gasteiger partial charge in [-0.2, -0.15) is 0 Å². The molecule has 0 aromatic heterocycles. The van der Waals surface area contributed by atoms with Crippen LogP contribution in [0.3, 0.4) is 0 Å². The molecule has 1 saturated heterocycles. The molecule has 0 saturated carbocycles. The monoisotopic (exact) mass is 223 g/mol. The molecule has 0 bridgehead atoms. The van der Waals surface area contributed by atoms with Crippen molar-refractivity contribution >= 4 is 5.78 Å². The summed E-state index contributed by atoms with van der Waals surface area (Å²) in [7, 11) is 1.67. The second kappa shape index (κ2) is 4.30. The van der Waals surface area contributed by atoms with Crippen LogP contribution < -0.4 is 5.32 Å². The number of hydrogen-bond acceptors (Lipinski definition) is 3. The van der Waals surface area contributed by atoms with E-state index in [4.69, 9.17) is 4.74 Å². The van der Waals surface area contributed by atoms with Gasteiger partial charge >= 0.3 is 0 Å². The van der Waals surface area contributed by atoms with Crippen LogP contribution in [0.2, 0.25) is 0 Å². The molecule has 90 valence electrons. The molecule has 1 aliphatic heterocycles. The summed E-state index contributed by atoms with van der Waals surface area (Å²) < 4.78 is 5.64. The normalized spacial score (nSPS) is 34.4. The van der Waals surface area contributed by atoms with Crippen LogP contribution in [0.1, 0.15) is 39.5 Å². The van der Waals surface area contributed by atoms with Crippen LogP contribution in [0.4, 0.5) is 0 Å². The maximum Gasteiger partial charge on any atom is 0.196 e. The van der Waals surface area contributed by atoms with Gasteiger partial charge in [0.05, 0.1) is 0 Å². The third-order valence-corrected chi connectivity index (χ3v) is 4.00. The van der Waals surface area contributed by atoms with E-state index >= 15 is 0 Å². The highest BCUT2D eigenvalue weighted by atomic mass is 16.5. The Balaban J connectivity index is 2.35. The van der Waals surface area contributed by atoms with Crippen molar-refractivity contribution in [2.24, 2.45) is 0 Å². The Morgan fingerprint density at radius 2 is 2.19 bits per heavy atom. The van der Waals surface area contributed by atoms with Gasteiger partial charge in [0, 0.05) is 18.7 Å². The van der Waals surface area contributed by atoms with Gasteiger partial charge in [-0.15, -0.1) is 0 Å². The van der Waals surface area contributed by atoms with Gasteiger partial charge < -0.3 is 10.1 Å². The van der Waals surface area contributed by atoms with Gasteiger partial charge in [-0.3, -0.25) is 4.79 Å². The Labute approximate surface area is 97.2 Å². The first-order chi connectivity index (χ1) is 7.72. The van der Waals surface area contributed by atoms with Crippen molar-refractivity contribution in [3.8, 4) is 0 Å². The van der Waals surface area contributed by atoms with Crippen LogP contribution in [0.15, 0.2) is 11.1 Å². The zero-order valence-corrected chi connectivity index (χ0v) is 10.4. The third kappa shape index (κ3) is 1.31. The second-order valence-corrected chi connectivity index (χ2v) is 4.58. The summed E-state index contributed by atoms with van der Waals surface area (Å²) in [6, 6.07) is 0.190. The summed E-state index contributed by atoms with van der Waals surface area (Å²) in [5.74, 6) is 0.216. The second-order valence-electron chi connectivity index (χ2n) is 4.58. The summed E-state index contributed by atoms with van der Waals surface area (Å²) >= 11 is 0. The molecule has 1 heterocycles. The van der Waals surface area contributed by atoms with Gasteiger partial charge in [-0.05, 0) is 37.8 Å². The van der Waals surface area contributed by atoms with Crippen LogP contribution in [0, 0.1) is 0 Å². The largest absolute Gasteiger partial charge is 0.364 e. The molecule has 1 aliphatic carbocycles. The number of carbonyl (C=O) groups excluding carboxylic acids is 1. The molecule has 0 amide bonds. The SMILES string of the molecule is CCC1=C(CC)C(OC)(C2CCCN2)C1=O. The molecule has 0 aromatic rings. The first kappa shape index (κ1) is 11.8. The predicted octanol–water partition coefficient (Wildman–Crippen LogP) is 1.82. The lowest BCUT2D eigenvalue weighted by Crippen LogP contribution is -2.62. The summed E-state index contributed by atoms with van der Waals surface area (Å²) in [5, 5.41) is 3.41. The molecule has 16 heavy (non-hydrogen) atoms. The molecular formula is C13H21NO2. The molecular weight excluding hydrogens is 202 g/mol. The highest BCUT2D eigenvalue weighted by molar-refractivity contribution is 6.13. The van der Waals surface area contributed by atoms with Crippen molar-refractivity contribution in [3.63, 3.8) is 0 Å². The Kier molecular flexibility index (Phi) is 3.17. The molecule has 1 N–H and O–H groups in total. The van der Waals surface area contributed by atoms with Crippen molar-refractivity contribution in [1.29, 1.82) is 0 Å². The minimum atomic E-state index is -0.628. The van der Waals surface area contributed by atoms with Crippen LogP contribution in [0.5, 0.6) is 0 Å². The number of carbonyl (C=O) groups is 1. The molecule has 1 fully saturated rings. The quantitative estimate of drug-likeness (QED) is 0.790.